The molecular weight excluding hydrogens is 226 g/mol. The molecule has 2 aromatic heterocycles. The van der Waals surface area contributed by atoms with Crippen molar-refractivity contribution in [2.24, 2.45) is 0 Å². The number of aryl methyl sites for hydroxylation is 2. The summed E-state index contributed by atoms with van der Waals surface area (Å²) in [5.41, 5.74) is 1.25. The predicted molar refractivity (Wildman–Crippen MR) is 71.2 cm³/mol. The number of nitrogens with one attached hydrogen (secondary N) is 1. The van der Waals surface area contributed by atoms with Crippen molar-refractivity contribution in [1.29, 1.82) is 0 Å². The smallest absolute Gasteiger partial charge is 0.0945 e. The summed E-state index contributed by atoms with van der Waals surface area (Å²) in [7, 11) is 0. The molecule has 2 rings (SSSR count). The molecule has 0 saturated heterocycles. The van der Waals surface area contributed by atoms with Crippen molar-refractivity contribution in [3.8, 4) is 0 Å². The van der Waals surface area contributed by atoms with E-state index in [1.807, 2.05) is 29.6 Å². The van der Waals surface area contributed by atoms with E-state index in [9.17, 15) is 0 Å². The minimum Gasteiger partial charge on any atom is -0.337 e. The van der Waals surface area contributed by atoms with E-state index >= 15 is 0 Å². The fraction of sp³-hybridized carbons (Fsp3) is 0.538. The zero-order chi connectivity index (χ0) is 12.8. The Morgan fingerprint density at radius 1 is 1.44 bits per heavy atom. The molecular formula is C13H21N5. The van der Waals surface area contributed by atoms with Crippen molar-refractivity contribution in [2.45, 2.75) is 39.4 Å². The van der Waals surface area contributed by atoms with Crippen LogP contribution >= 0.6 is 0 Å². The lowest BCUT2D eigenvalue weighted by Gasteiger charge is -2.11. The summed E-state index contributed by atoms with van der Waals surface area (Å²) in [6.07, 6.45) is 10.8. The van der Waals surface area contributed by atoms with Crippen LogP contribution in [0, 0.1) is 0 Å². The van der Waals surface area contributed by atoms with E-state index in [2.05, 4.69) is 40.0 Å². The first-order chi connectivity index (χ1) is 8.79. The summed E-state index contributed by atoms with van der Waals surface area (Å²) >= 11 is 0. The van der Waals surface area contributed by atoms with Gasteiger partial charge < -0.3 is 9.88 Å². The van der Waals surface area contributed by atoms with Crippen LogP contribution < -0.4 is 5.32 Å². The average Bonchev–Trinajstić information content (AvgIpc) is 3.05. The Labute approximate surface area is 108 Å². The normalized spacial score (nSPS) is 12.8. The van der Waals surface area contributed by atoms with E-state index < -0.39 is 0 Å². The Kier molecular flexibility index (Phi) is 4.52. The van der Waals surface area contributed by atoms with Crippen molar-refractivity contribution >= 4 is 0 Å². The number of imidazole rings is 1. The summed E-state index contributed by atoms with van der Waals surface area (Å²) in [6.45, 7) is 7.20. The van der Waals surface area contributed by atoms with Gasteiger partial charge in [-0.2, -0.15) is 5.10 Å². The quantitative estimate of drug-likeness (QED) is 0.759. The van der Waals surface area contributed by atoms with Gasteiger partial charge in [0.2, 0.25) is 0 Å². The Morgan fingerprint density at radius 2 is 2.33 bits per heavy atom. The summed E-state index contributed by atoms with van der Waals surface area (Å²) in [4.78, 5) is 4.03. The van der Waals surface area contributed by atoms with Gasteiger partial charge in [-0.1, -0.05) is 0 Å². The second-order valence-corrected chi connectivity index (χ2v) is 4.46. The Bertz CT molecular complexity index is 446. The van der Waals surface area contributed by atoms with Crippen LogP contribution in [0.4, 0.5) is 0 Å². The van der Waals surface area contributed by atoms with Crippen molar-refractivity contribution in [3.05, 3.63) is 36.7 Å². The molecule has 0 aliphatic heterocycles. The number of hydrogen-bond donors (Lipinski definition) is 1. The molecule has 0 amide bonds. The zero-order valence-electron chi connectivity index (χ0n) is 11.1. The van der Waals surface area contributed by atoms with E-state index in [1.165, 1.54) is 5.56 Å². The Morgan fingerprint density at radius 3 is 3.00 bits per heavy atom. The van der Waals surface area contributed by atoms with Gasteiger partial charge >= 0.3 is 0 Å². The van der Waals surface area contributed by atoms with Crippen LogP contribution in [-0.4, -0.2) is 25.9 Å². The van der Waals surface area contributed by atoms with Gasteiger partial charge in [-0.15, -0.1) is 0 Å². The molecule has 2 aromatic rings. The molecule has 18 heavy (non-hydrogen) atoms. The second kappa shape index (κ2) is 6.35. The zero-order valence-corrected chi connectivity index (χ0v) is 11.1. The fourth-order valence-corrected chi connectivity index (χ4v) is 1.89. The van der Waals surface area contributed by atoms with Gasteiger partial charge in [-0.3, -0.25) is 4.68 Å². The third kappa shape index (κ3) is 3.43. The standard InChI is InChI=1S/C13H21N5/c1-3-18-10-13(9-16-18)12(2)15-5-4-7-17-8-6-14-11-17/h6,8-12,15H,3-5,7H2,1-2H3. The van der Waals surface area contributed by atoms with E-state index in [4.69, 9.17) is 0 Å². The second-order valence-electron chi connectivity index (χ2n) is 4.46. The number of aromatic nitrogens is 4. The maximum atomic E-state index is 4.29. The van der Waals surface area contributed by atoms with Crippen molar-refractivity contribution < 1.29 is 0 Å². The summed E-state index contributed by atoms with van der Waals surface area (Å²) in [5.74, 6) is 0. The molecule has 5 heteroatoms. The third-order valence-electron chi connectivity index (χ3n) is 3.08. The first-order valence-electron chi connectivity index (χ1n) is 6.51. The van der Waals surface area contributed by atoms with Crippen LogP contribution in [0.3, 0.4) is 0 Å². The molecule has 1 unspecified atom stereocenters. The molecule has 0 fully saturated rings. The molecule has 98 valence electrons. The van der Waals surface area contributed by atoms with E-state index in [0.717, 1.165) is 26.1 Å². The molecule has 0 aromatic carbocycles. The molecule has 0 bridgehead atoms. The lowest BCUT2D eigenvalue weighted by molar-refractivity contribution is 0.526. The van der Waals surface area contributed by atoms with Crippen LogP contribution in [0.25, 0.3) is 0 Å². The summed E-state index contributed by atoms with van der Waals surface area (Å²) in [5, 5.41) is 7.80. The van der Waals surface area contributed by atoms with Gasteiger partial charge in [0.25, 0.3) is 0 Å². The lowest BCUT2D eigenvalue weighted by Crippen LogP contribution is -2.20. The van der Waals surface area contributed by atoms with E-state index in [0.29, 0.717) is 6.04 Å². The summed E-state index contributed by atoms with van der Waals surface area (Å²) < 4.78 is 4.06. The SMILES string of the molecule is CCn1cc(C(C)NCCCn2ccnc2)cn1. The first-order valence-corrected chi connectivity index (χ1v) is 6.51. The molecule has 0 saturated carbocycles. The number of rotatable bonds is 7. The highest BCUT2D eigenvalue weighted by Crippen LogP contribution is 2.10. The van der Waals surface area contributed by atoms with Crippen LogP contribution in [0.5, 0.6) is 0 Å². The maximum Gasteiger partial charge on any atom is 0.0945 e. The number of nitrogens with zero attached hydrogens (tertiary/aromatic N) is 4. The van der Waals surface area contributed by atoms with Gasteiger partial charge in [-0.05, 0) is 26.8 Å². The van der Waals surface area contributed by atoms with Gasteiger partial charge in [0.1, 0.15) is 0 Å². The van der Waals surface area contributed by atoms with E-state index in [-0.39, 0.29) is 0 Å². The minimum absolute atomic E-state index is 0.355. The lowest BCUT2D eigenvalue weighted by atomic mass is 10.2. The highest BCUT2D eigenvalue weighted by Gasteiger charge is 2.06. The molecule has 1 atom stereocenters. The fourth-order valence-electron chi connectivity index (χ4n) is 1.89. The van der Waals surface area contributed by atoms with Crippen LogP contribution in [0.2, 0.25) is 0 Å². The first kappa shape index (κ1) is 12.8. The molecule has 0 radical (unpaired) electrons. The van der Waals surface area contributed by atoms with Gasteiger partial charge in [0.15, 0.2) is 0 Å². The largest absolute Gasteiger partial charge is 0.337 e. The van der Waals surface area contributed by atoms with Crippen molar-refractivity contribution in [3.63, 3.8) is 0 Å². The summed E-state index contributed by atoms with van der Waals surface area (Å²) in [6, 6.07) is 0.355. The highest BCUT2D eigenvalue weighted by molar-refractivity contribution is 5.08. The molecule has 5 nitrogen and oxygen atoms in total. The Hall–Kier alpha value is -1.62. The highest BCUT2D eigenvalue weighted by atomic mass is 15.3. The van der Waals surface area contributed by atoms with Gasteiger partial charge in [0, 0.05) is 43.3 Å². The molecule has 0 spiro atoms. The van der Waals surface area contributed by atoms with Crippen LogP contribution in [0.15, 0.2) is 31.1 Å². The maximum absolute atomic E-state index is 4.29. The van der Waals surface area contributed by atoms with E-state index in [1.54, 1.807) is 0 Å². The topological polar surface area (TPSA) is 47.7 Å². The third-order valence-corrected chi connectivity index (χ3v) is 3.08. The Balaban J connectivity index is 1.69. The molecule has 2 heterocycles. The van der Waals surface area contributed by atoms with Gasteiger partial charge in [0.05, 0.1) is 12.5 Å². The predicted octanol–water partition coefficient (Wildman–Crippen LogP) is 1.84. The van der Waals surface area contributed by atoms with Crippen LogP contribution in [0.1, 0.15) is 31.9 Å². The molecule has 0 aliphatic rings. The average molecular weight is 247 g/mol. The van der Waals surface area contributed by atoms with Crippen LogP contribution in [-0.2, 0) is 13.1 Å². The van der Waals surface area contributed by atoms with Crippen molar-refractivity contribution in [2.75, 3.05) is 6.54 Å². The van der Waals surface area contributed by atoms with Crippen molar-refractivity contribution in [1.82, 2.24) is 24.6 Å². The number of hydrogen-bond acceptors (Lipinski definition) is 3. The molecule has 1 N–H and O–H groups in total. The molecule has 0 aliphatic carbocycles. The monoisotopic (exact) mass is 247 g/mol. The van der Waals surface area contributed by atoms with Gasteiger partial charge in [-0.25, -0.2) is 4.98 Å². The minimum atomic E-state index is 0.355.